The van der Waals surface area contributed by atoms with Crippen LogP contribution in [0.4, 0.5) is 0 Å². The molecule has 1 nitrogen and oxygen atoms in total. The Morgan fingerprint density at radius 1 is 0.686 bits per heavy atom. The van der Waals surface area contributed by atoms with Crippen LogP contribution >= 0.6 is 0 Å². The van der Waals surface area contributed by atoms with E-state index in [1.807, 2.05) is 33.2 Å². The number of fused-ring (bicyclic) bond motifs is 11. The molecule has 0 bridgehead atoms. The minimum absolute atomic E-state index is 0.0169. The predicted molar refractivity (Wildman–Crippen MR) is 305 cm³/mol. The van der Waals surface area contributed by atoms with Crippen LogP contribution in [0.3, 0.4) is 0 Å². The van der Waals surface area contributed by atoms with Gasteiger partial charge in [-0.3, -0.25) is 0 Å². The van der Waals surface area contributed by atoms with Gasteiger partial charge >= 0.3 is 0 Å². The first-order chi connectivity index (χ1) is 33.8. The maximum atomic E-state index is 4.11. The van der Waals surface area contributed by atoms with Crippen molar-refractivity contribution in [2.24, 2.45) is 11.3 Å². The molecular formula is C69H75N. The molecule has 5 aromatic rings. The van der Waals surface area contributed by atoms with Gasteiger partial charge in [0.05, 0.1) is 5.41 Å². The van der Waals surface area contributed by atoms with Crippen molar-refractivity contribution < 1.29 is 0 Å². The number of hydrogen-bond acceptors (Lipinski definition) is 1. The first kappa shape index (κ1) is 49.7. The molecule has 356 valence electrons. The second-order valence-corrected chi connectivity index (χ2v) is 20.7. The quantitative estimate of drug-likeness (QED) is 0.127. The van der Waals surface area contributed by atoms with Crippen molar-refractivity contribution in [3.05, 3.63) is 267 Å². The molecule has 5 aliphatic rings. The van der Waals surface area contributed by atoms with Gasteiger partial charge in [0.15, 0.2) is 0 Å². The fourth-order valence-electron chi connectivity index (χ4n) is 12.3. The summed E-state index contributed by atoms with van der Waals surface area (Å²) in [7, 11) is 1.94. The average molecular weight is 918 g/mol. The molecule has 5 aromatic carbocycles. The van der Waals surface area contributed by atoms with Gasteiger partial charge in [-0.1, -0.05) is 255 Å². The van der Waals surface area contributed by atoms with Gasteiger partial charge in [0.25, 0.3) is 0 Å². The van der Waals surface area contributed by atoms with E-state index in [9.17, 15) is 0 Å². The fraction of sp³-hybridized carbons (Fsp3) is 0.275. The van der Waals surface area contributed by atoms with Crippen molar-refractivity contribution in [1.29, 1.82) is 0 Å². The Labute approximate surface area is 422 Å². The third-order valence-corrected chi connectivity index (χ3v) is 16.0. The molecular weight excluding hydrogens is 843 g/mol. The molecule has 1 atom stereocenters. The van der Waals surface area contributed by atoms with Crippen LogP contribution < -0.4 is 5.32 Å². The van der Waals surface area contributed by atoms with Crippen LogP contribution in [0, 0.1) is 11.3 Å². The maximum Gasteiger partial charge on any atom is 0.0716 e. The zero-order valence-electron chi connectivity index (χ0n) is 43.9. The summed E-state index contributed by atoms with van der Waals surface area (Å²) in [4.78, 5) is 0. The molecule has 1 unspecified atom stereocenters. The standard InChI is InChI=1S/C49H42.C18H27N.C2H6/c1-6-15-33(26-24-32-25-28-37-35-16-7-9-18-39(35)47(2,3)46(37)30-32)34-27-29-41-38(31-34)36-17-8-10-19-40(36)49(41)44-22-13-11-20-42(44)48(4,5)43-21-12-14-23-45(43)49;1-6-17-16(13-10-14-19-5)12-9-7-8-11-15(2)18(17,3)4;1-2/h6-7,9-16,18-31H,1,8,17H2,2-5H3;6-12,14,16,19H,13H2,1-5H3;1-2H3/b26-24-,33-15+;8-7-,12-9+,14-10+,15-11+,17-6+;. The summed E-state index contributed by atoms with van der Waals surface area (Å²) in [5.74, 6) is 0.454. The number of nitrogens with one attached hydrogen (secondary N) is 1. The number of rotatable bonds is 7. The lowest BCUT2D eigenvalue weighted by atomic mass is 9.55. The SMILES string of the molecule is C/C=C1\C(C/C=C/NC)/C=C/C=C\C=C(/C)C1(C)C.C=C/C=C(\C=C/c1ccc2c(c1)C(C)(C)c1ccccc1-2)c1ccc2c(c1)C1=C(C=CCC1)C21c2ccccc2C(C)(C)c2ccccc21.CC. The fourth-order valence-corrected chi connectivity index (χ4v) is 12.3. The Morgan fingerprint density at radius 2 is 1.33 bits per heavy atom. The van der Waals surface area contributed by atoms with E-state index in [1.165, 1.54) is 94.6 Å². The lowest BCUT2D eigenvalue weighted by Crippen LogP contribution is -2.41. The summed E-state index contributed by atoms with van der Waals surface area (Å²) < 4.78 is 0. The number of hydrogen-bond donors (Lipinski definition) is 1. The molecule has 70 heavy (non-hydrogen) atoms. The van der Waals surface area contributed by atoms with E-state index in [0.717, 1.165) is 19.3 Å². The zero-order valence-corrected chi connectivity index (χ0v) is 43.9. The predicted octanol–water partition coefficient (Wildman–Crippen LogP) is 18.2. The highest BCUT2D eigenvalue weighted by Gasteiger charge is 2.54. The smallest absolute Gasteiger partial charge is 0.0716 e. The van der Waals surface area contributed by atoms with Crippen LogP contribution in [0.25, 0.3) is 28.3 Å². The van der Waals surface area contributed by atoms with Gasteiger partial charge < -0.3 is 5.32 Å². The van der Waals surface area contributed by atoms with Crippen molar-refractivity contribution in [3.63, 3.8) is 0 Å². The topological polar surface area (TPSA) is 12.0 Å². The Hall–Kier alpha value is -6.70. The largest absolute Gasteiger partial charge is 0.394 e. The van der Waals surface area contributed by atoms with E-state index in [1.54, 1.807) is 0 Å². The normalized spacial score (nSPS) is 21.5. The summed E-state index contributed by atoms with van der Waals surface area (Å²) in [6.45, 7) is 26.6. The molecule has 0 saturated heterocycles. The molecule has 0 heterocycles. The highest BCUT2D eigenvalue weighted by Crippen LogP contribution is 2.63. The molecule has 0 saturated carbocycles. The second kappa shape index (κ2) is 20.3. The van der Waals surface area contributed by atoms with E-state index in [4.69, 9.17) is 0 Å². The van der Waals surface area contributed by atoms with E-state index in [0.29, 0.717) is 5.92 Å². The van der Waals surface area contributed by atoms with Gasteiger partial charge in [-0.15, -0.1) is 0 Å². The summed E-state index contributed by atoms with van der Waals surface area (Å²) >= 11 is 0. The van der Waals surface area contributed by atoms with Crippen LogP contribution in [0.5, 0.6) is 0 Å². The van der Waals surface area contributed by atoms with Crippen molar-refractivity contribution in [1.82, 2.24) is 5.32 Å². The lowest BCUT2D eigenvalue weighted by Gasteiger charge is -2.47. The first-order valence-electron chi connectivity index (χ1n) is 25.8. The number of allylic oxidation sites excluding steroid dienone is 17. The highest BCUT2D eigenvalue weighted by molar-refractivity contribution is 5.92. The molecule has 10 rings (SSSR count). The van der Waals surface area contributed by atoms with Crippen LogP contribution in [-0.2, 0) is 16.2 Å². The average Bonchev–Trinajstić information content (AvgIpc) is 3.81. The van der Waals surface area contributed by atoms with Crippen LogP contribution in [0.2, 0.25) is 0 Å². The summed E-state index contributed by atoms with van der Waals surface area (Å²) in [6, 6.07) is 41.5. The minimum atomic E-state index is -0.324. The van der Waals surface area contributed by atoms with Gasteiger partial charge in [-0.25, -0.2) is 0 Å². The van der Waals surface area contributed by atoms with E-state index >= 15 is 0 Å². The molecule has 0 radical (unpaired) electrons. The van der Waals surface area contributed by atoms with E-state index in [2.05, 4.69) is 249 Å². The third kappa shape index (κ3) is 8.46. The number of benzene rings is 5. The van der Waals surface area contributed by atoms with Gasteiger partial charge in [-0.05, 0) is 129 Å². The van der Waals surface area contributed by atoms with Crippen LogP contribution in [0.15, 0.2) is 212 Å². The van der Waals surface area contributed by atoms with Gasteiger partial charge in [0.2, 0.25) is 0 Å². The molecule has 5 aliphatic carbocycles. The van der Waals surface area contributed by atoms with Crippen molar-refractivity contribution in [3.8, 4) is 11.1 Å². The Balaban J connectivity index is 0.000000265. The molecule has 0 aromatic heterocycles. The molecule has 1 heteroatoms. The second-order valence-electron chi connectivity index (χ2n) is 20.7. The van der Waals surface area contributed by atoms with E-state index in [-0.39, 0.29) is 21.7 Å². The molecule has 1 spiro atoms. The molecule has 0 amide bonds. The minimum Gasteiger partial charge on any atom is -0.394 e. The summed E-state index contributed by atoms with van der Waals surface area (Å²) in [5, 5.41) is 3.06. The molecule has 1 N–H and O–H groups in total. The highest BCUT2D eigenvalue weighted by atomic mass is 14.8. The van der Waals surface area contributed by atoms with Crippen molar-refractivity contribution >= 4 is 17.2 Å². The summed E-state index contributed by atoms with van der Waals surface area (Å²) in [6.07, 6.45) is 34.0. The zero-order chi connectivity index (χ0) is 49.8. The Bertz CT molecular complexity index is 3030. The monoisotopic (exact) mass is 918 g/mol. The van der Waals surface area contributed by atoms with Gasteiger partial charge in [0, 0.05) is 29.2 Å². The lowest BCUT2D eigenvalue weighted by molar-refractivity contribution is 0.480. The maximum absolute atomic E-state index is 4.11. The van der Waals surface area contributed by atoms with Crippen LogP contribution in [-0.4, -0.2) is 7.05 Å². The van der Waals surface area contributed by atoms with Gasteiger partial charge in [-0.2, -0.15) is 0 Å². The van der Waals surface area contributed by atoms with Crippen molar-refractivity contribution in [2.75, 3.05) is 7.05 Å². The van der Waals surface area contributed by atoms with Crippen molar-refractivity contribution in [2.45, 2.75) is 105 Å². The van der Waals surface area contributed by atoms with E-state index < -0.39 is 0 Å². The first-order valence-corrected chi connectivity index (χ1v) is 25.8. The molecule has 0 aliphatic heterocycles. The van der Waals surface area contributed by atoms with Crippen LogP contribution in [0.1, 0.15) is 144 Å². The van der Waals surface area contributed by atoms with Gasteiger partial charge in [0.1, 0.15) is 0 Å². The Morgan fingerprint density at radius 3 is 2.00 bits per heavy atom. The Kier molecular flexibility index (Phi) is 14.4. The summed E-state index contributed by atoms with van der Waals surface area (Å²) in [5.41, 5.74) is 23.1. The third-order valence-electron chi connectivity index (χ3n) is 16.0. The molecule has 0 fully saturated rings.